The van der Waals surface area contributed by atoms with Gasteiger partial charge >= 0.3 is 23.9 Å². The van der Waals surface area contributed by atoms with Crippen LogP contribution in [0, 0.1) is 0 Å². The molecule has 0 aliphatic carbocycles. The number of nitrogens with zero attached hydrogens (tertiary/aromatic N) is 2. The molecule has 0 saturated carbocycles. The minimum Gasteiger partial charge on any atom is -0.550 e. The van der Waals surface area contributed by atoms with Gasteiger partial charge in [0.25, 0.3) is 0 Å². The molecule has 42 heavy (non-hydrogen) atoms. The molecule has 0 aromatic rings. The number of carbonyl (C=O) groups excluding carboxylic acids is 4. The normalized spacial score (nSPS) is 11.4. The number of hydrogen-bond acceptors (Lipinski definition) is 12. The fourth-order valence-corrected chi connectivity index (χ4v) is 1.82. The van der Waals surface area contributed by atoms with E-state index in [0.717, 1.165) is 22.1 Å². The Morgan fingerprint density at radius 1 is 0.619 bits per heavy atom. The summed E-state index contributed by atoms with van der Waals surface area (Å²) >= 11 is 0. The van der Waals surface area contributed by atoms with Crippen LogP contribution < -0.4 is 10.2 Å². The van der Waals surface area contributed by atoms with Crippen LogP contribution in [0.1, 0.15) is 53.4 Å². The van der Waals surface area contributed by atoms with E-state index in [1.165, 1.54) is 13.8 Å². The lowest BCUT2D eigenvalue weighted by Crippen LogP contribution is -2.36. The van der Waals surface area contributed by atoms with Crippen LogP contribution in [0.15, 0.2) is 0 Å². The molecule has 0 aliphatic heterocycles. The lowest BCUT2D eigenvalue weighted by molar-refractivity contribution is -0.870. The third kappa shape index (κ3) is 53.0. The molecular weight excluding hydrogens is 564 g/mol. The zero-order chi connectivity index (χ0) is 34.7. The van der Waals surface area contributed by atoms with Crippen molar-refractivity contribution >= 4 is 35.8 Å². The Kier molecular flexibility index (Phi) is 32.0. The van der Waals surface area contributed by atoms with Crippen LogP contribution in [0.3, 0.4) is 0 Å². The number of esters is 2. The van der Waals surface area contributed by atoms with Gasteiger partial charge in [0.15, 0.2) is 12.2 Å². The van der Waals surface area contributed by atoms with E-state index in [1.807, 2.05) is 0 Å². The second kappa shape index (κ2) is 27.8. The molecule has 2 unspecified atom stereocenters. The summed E-state index contributed by atoms with van der Waals surface area (Å²) in [5, 5.41) is 52.5. The summed E-state index contributed by atoms with van der Waals surface area (Å²) < 4.78 is 10.5. The molecule has 0 heterocycles. The number of aliphatic hydroxyl groups excluding tert-OH is 2. The zero-order valence-corrected chi connectivity index (χ0v) is 26.6. The van der Waals surface area contributed by atoms with Crippen LogP contribution in [0.5, 0.6) is 0 Å². The molecule has 2 atom stereocenters. The summed E-state index contributed by atoms with van der Waals surface area (Å²) in [5.41, 5.74) is 0. The number of hydrogen-bond donors (Lipinski definition) is 4. The molecule has 0 rings (SSSR count). The van der Waals surface area contributed by atoms with Gasteiger partial charge in [-0.25, -0.2) is 9.59 Å². The van der Waals surface area contributed by atoms with Crippen LogP contribution >= 0.6 is 0 Å². The van der Waals surface area contributed by atoms with Crippen molar-refractivity contribution in [2.45, 2.75) is 65.6 Å². The number of carboxylic acids is 4. The van der Waals surface area contributed by atoms with Gasteiger partial charge in [0.1, 0.15) is 13.1 Å². The highest BCUT2D eigenvalue weighted by Crippen LogP contribution is 1.98. The van der Waals surface area contributed by atoms with Crippen LogP contribution in [-0.4, -0.2) is 146 Å². The highest BCUT2D eigenvalue weighted by molar-refractivity contribution is 5.77. The number of carbonyl (C=O) groups is 6. The van der Waals surface area contributed by atoms with Crippen LogP contribution in [0.25, 0.3) is 0 Å². The lowest BCUT2D eigenvalue weighted by atomic mass is 10.3. The summed E-state index contributed by atoms with van der Waals surface area (Å²) in [4.78, 5) is 59.8. The van der Waals surface area contributed by atoms with Gasteiger partial charge in [-0.1, -0.05) is 13.8 Å². The van der Waals surface area contributed by atoms with Gasteiger partial charge in [-0.15, -0.1) is 0 Å². The predicted octanol–water partition coefficient (Wildman–Crippen LogP) is -2.54. The molecule has 0 radical (unpaired) electrons. The number of likely N-dealkylation sites (N-methyl/N-ethyl adjacent to an activating group) is 2. The summed E-state index contributed by atoms with van der Waals surface area (Å²) in [7, 11) is 12.3. The van der Waals surface area contributed by atoms with Crippen molar-refractivity contribution in [1.29, 1.82) is 0 Å². The maximum atomic E-state index is 10.2. The van der Waals surface area contributed by atoms with Gasteiger partial charge in [0.2, 0.25) is 0 Å². The highest BCUT2D eigenvalue weighted by Gasteiger charge is 2.17. The van der Waals surface area contributed by atoms with Crippen molar-refractivity contribution in [3.63, 3.8) is 0 Å². The number of ether oxygens (including phenoxy) is 2. The molecule has 0 aromatic heterocycles. The molecular formula is C26H52N2O14. The average molecular weight is 617 g/mol. The highest BCUT2D eigenvalue weighted by atomic mass is 16.6. The molecule has 16 nitrogen and oxygen atoms in total. The lowest BCUT2D eigenvalue weighted by Gasteiger charge is -2.21. The van der Waals surface area contributed by atoms with E-state index in [0.29, 0.717) is 12.8 Å². The van der Waals surface area contributed by atoms with Gasteiger partial charge in [-0.3, -0.25) is 9.59 Å². The molecule has 16 heteroatoms. The van der Waals surface area contributed by atoms with Crippen molar-refractivity contribution < 1.29 is 77.8 Å². The van der Waals surface area contributed by atoms with Crippen molar-refractivity contribution in [2.75, 3.05) is 68.6 Å². The van der Waals surface area contributed by atoms with Gasteiger partial charge in [-0.2, -0.15) is 0 Å². The molecule has 0 bridgehead atoms. The number of quaternary nitrogens is 2. The Bertz CT molecular complexity index is 710. The summed E-state index contributed by atoms with van der Waals surface area (Å²) in [5.74, 6) is -6.05. The molecule has 0 amide bonds. The monoisotopic (exact) mass is 616 g/mol. The third-order valence-corrected chi connectivity index (χ3v) is 3.98. The average Bonchev–Trinajstić information content (AvgIpc) is 2.79. The SMILES string of the molecule is CCC(OC(C)=O)C(=O)O.CCC(OC(C)=O)C(=O)O.C[N+](C)(C)CCO.C[N+](C)(C)CCO.O=C([O-])CCC(=O)[O-]. The Balaban J connectivity index is -0.000000137. The number of aliphatic hydroxyl groups is 2. The van der Waals surface area contributed by atoms with E-state index >= 15 is 0 Å². The first-order valence-corrected chi connectivity index (χ1v) is 12.9. The second-order valence-corrected chi connectivity index (χ2v) is 10.4. The molecule has 0 aliphatic rings. The van der Waals surface area contributed by atoms with Gasteiger partial charge in [0.05, 0.1) is 55.5 Å². The van der Waals surface area contributed by atoms with Gasteiger partial charge in [-0.05, 0) is 25.7 Å². The predicted molar refractivity (Wildman–Crippen MR) is 146 cm³/mol. The Hall–Kier alpha value is -3.34. The zero-order valence-electron chi connectivity index (χ0n) is 26.6. The van der Waals surface area contributed by atoms with Crippen molar-refractivity contribution in [3.8, 4) is 0 Å². The molecule has 0 spiro atoms. The van der Waals surface area contributed by atoms with E-state index in [1.54, 1.807) is 13.8 Å². The summed E-state index contributed by atoms with van der Waals surface area (Å²) in [6, 6.07) is 0. The van der Waals surface area contributed by atoms with E-state index in [-0.39, 0.29) is 13.2 Å². The molecule has 0 fully saturated rings. The summed E-state index contributed by atoms with van der Waals surface area (Å²) in [6.45, 7) is 7.88. The van der Waals surface area contributed by atoms with Crippen molar-refractivity contribution in [1.82, 2.24) is 0 Å². The number of rotatable bonds is 13. The Morgan fingerprint density at radius 2 is 0.857 bits per heavy atom. The standard InChI is InChI=1S/2C6H10O4.2C5H14NO.C4H6O4/c2*1-3-5(6(8)9)10-4(2)7;2*1-6(2,3)4-5-7;5-3(6)1-2-4(7)8/h2*5H,3H2,1-2H3,(H,8,9);2*7H,4-5H2,1-3H3;1-2H2,(H,5,6)(H,7,8)/q;;2*+1;/p-2. The van der Waals surface area contributed by atoms with Gasteiger partial charge < -0.3 is 58.7 Å². The first-order chi connectivity index (χ1) is 18.9. The first-order valence-electron chi connectivity index (χ1n) is 12.9. The smallest absolute Gasteiger partial charge is 0.345 e. The Morgan fingerprint density at radius 3 is 0.905 bits per heavy atom. The van der Waals surface area contributed by atoms with E-state index < -0.39 is 60.9 Å². The first kappa shape index (κ1) is 48.4. The topological polar surface area (TPSA) is 248 Å². The minimum absolute atomic E-state index is 0.281. The van der Waals surface area contributed by atoms with Crippen molar-refractivity contribution in [2.24, 2.45) is 0 Å². The second-order valence-electron chi connectivity index (χ2n) is 10.4. The Labute approximate surface area is 248 Å². The maximum Gasteiger partial charge on any atom is 0.345 e. The fraction of sp³-hybridized carbons (Fsp3) is 0.769. The molecule has 0 saturated heterocycles. The van der Waals surface area contributed by atoms with E-state index in [4.69, 9.17) is 20.4 Å². The number of aliphatic carboxylic acids is 4. The molecule has 0 aromatic carbocycles. The minimum atomic E-state index is -1.37. The van der Waals surface area contributed by atoms with E-state index in [2.05, 4.69) is 51.8 Å². The van der Waals surface area contributed by atoms with Crippen LogP contribution in [-0.2, 0) is 38.2 Å². The number of carboxylic acid groups (broad SMARTS) is 4. The maximum absolute atomic E-state index is 10.2. The van der Waals surface area contributed by atoms with Crippen molar-refractivity contribution in [3.05, 3.63) is 0 Å². The third-order valence-electron chi connectivity index (χ3n) is 3.98. The van der Waals surface area contributed by atoms with Crippen LogP contribution in [0.2, 0.25) is 0 Å². The summed E-state index contributed by atoms with van der Waals surface area (Å²) in [6.07, 6.45) is -2.32. The molecule has 4 N–H and O–H groups in total. The largest absolute Gasteiger partial charge is 0.550 e. The van der Waals surface area contributed by atoms with E-state index in [9.17, 15) is 39.0 Å². The van der Waals surface area contributed by atoms with Gasteiger partial charge in [0, 0.05) is 25.8 Å². The molecule has 250 valence electrons. The quantitative estimate of drug-likeness (QED) is 0.123. The van der Waals surface area contributed by atoms with Crippen LogP contribution in [0.4, 0.5) is 0 Å². The fourth-order valence-electron chi connectivity index (χ4n) is 1.82.